The molecule has 0 unspecified atom stereocenters. The number of alkyl halides is 3. The predicted molar refractivity (Wildman–Crippen MR) is 56.1 cm³/mol. The van der Waals surface area contributed by atoms with Crippen LogP contribution in [0.1, 0.15) is 24.6 Å². The van der Waals surface area contributed by atoms with Crippen LogP contribution in [0.5, 0.6) is 0 Å². The highest BCUT2D eigenvalue weighted by molar-refractivity contribution is 9.10. The fourth-order valence-electron chi connectivity index (χ4n) is 1.82. The molecule has 1 fully saturated rings. The van der Waals surface area contributed by atoms with Crippen molar-refractivity contribution in [2.75, 3.05) is 13.1 Å². The molecule has 3 nitrogen and oxygen atoms in total. The summed E-state index contributed by atoms with van der Waals surface area (Å²) < 4.78 is 39.0. The fourth-order valence-corrected chi connectivity index (χ4v) is 2.33. The van der Waals surface area contributed by atoms with Gasteiger partial charge in [0.15, 0.2) is 5.69 Å². The summed E-state index contributed by atoms with van der Waals surface area (Å²) in [4.78, 5) is 0. The molecule has 0 atom stereocenters. The Kier molecular flexibility index (Phi) is 3.25. The Balaban J connectivity index is 2.23. The van der Waals surface area contributed by atoms with E-state index in [9.17, 15) is 13.2 Å². The van der Waals surface area contributed by atoms with E-state index in [0.717, 1.165) is 25.9 Å². The lowest BCUT2D eigenvalue weighted by atomic mass is 10.1. The highest BCUT2D eigenvalue weighted by Gasteiger charge is 2.37. The minimum Gasteiger partial charge on any atom is -0.317 e. The van der Waals surface area contributed by atoms with E-state index in [1.54, 1.807) is 0 Å². The summed E-state index contributed by atoms with van der Waals surface area (Å²) in [6.07, 6.45) is -1.35. The van der Waals surface area contributed by atoms with Crippen molar-refractivity contribution >= 4 is 15.9 Å². The van der Waals surface area contributed by atoms with Crippen molar-refractivity contribution in [3.8, 4) is 0 Å². The van der Waals surface area contributed by atoms with Gasteiger partial charge in [-0.05, 0) is 41.9 Å². The minimum absolute atomic E-state index is 0.0125. The first-order valence-corrected chi connectivity index (χ1v) is 5.80. The summed E-state index contributed by atoms with van der Waals surface area (Å²) in [5, 5.41) is 6.78. The standard InChI is InChI=1S/C9H11BrF3N3/c10-7-5-16(6-1-3-14-4-2-6)15-8(7)9(11,12)13/h5-6,14H,1-4H2. The van der Waals surface area contributed by atoms with Crippen LogP contribution in [0, 0.1) is 0 Å². The first kappa shape index (κ1) is 11.9. The smallest absolute Gasteiger partial charge is 0.317 e. The molecule has 1 N–H and O–H groups in total. The average Bonchev–Trinajstić information content (AvgIpc) is 2.61. The molecule has 2 rings (SSSR count). The Labute approximate surface area is 99.1 Å². The maximum atomic E-state index is 12.5. The Hall–Kier alpha value is -0.560. The molecule has 0 aliphatic carbocycles. The quantitative estimate of drug-likeness (QED) is 0.863. The van der Waals surface area contributed by atoms with Crippen molar-refractivity contribution in [3.63, 3.8) is 0 Å². The molecule has 1 aromatic rings. The van der Waals surface area contributed by atoms with Crippen molar-refractivity contribution in [1.82, 2.24) is 15.1 Å². The molecule has 1 aromatic heterocycles. The molecule has 90 valence electrons. The second kappa shape index (κ2) is 4.37. The zero-order chi connectivity index (χ0) is 11.8. The van der Waals surface area contributed by atoms with Crippen LogP contribution in [0.25, 0.3) is 0 Å². The van der Waals surface area contributed by atoms with Crippen molar-refractivity contribution in [2.45, 2.75) is 25.1 Å². The van der Waals surface area contributed by atoms with Gasteiger partial charge in [0.25, 0.3) is 0 Å². The zero-order valence-electron chi connectivity index (χ0n) is 8.39. The third kappa shape index (κ3) is 2.40. The van der Waals surface area contributed by atoms with Crippen molar-refractivity contribution < 1.29 is 13.2 Å². The van der Waals surface area contributed by atoms with E-state index in [2.05, 4.69) is 26.3 Å². The molecule has 16 heavy (non-hydrogen) atoms. The van der Waals surface area contributed by atoms with Gasteiger partial charge >= 0.3 is 6.18 Å². The van der Waals surface area contributed by atoms with E-state index in [-0.39, 0.29) is 10.5 Å². The van der Waals surface area contributed by atoms with Crippen molar-refractivity contribution in [3.05, 3.63) is 16.4 Å². The number of hydrogen-bond acceptors (Lipinski definition) is 2. The lowest BCUT2D eigenvalue weighted by molar-refractivity contribution is -0.142. The highest BCUT2D eigenvalue weighted by Crippen LogP contribution is 2.34. The van der Waals surface area contributed by atoms with Gasteiger partial charge in [-0.25, -0.2) is 0 Å². The predicted octanol–water partition coefficient (Wildman–Crippen LogP) is 2.59. The van der Waals surface area contributed by atoms with E-state index in [1.165, 1.54) is 10.9 Å². The van der Waals surface area contributed by atoms with Crippen molar-refractivity contribution in [1.29, 1.82) is 0 Å². The molecular formula is C9H11BrF3N3. The van der Waals surface area contributed by atoms with Crippen LogP contribution in [-0.2, 0) is 6.18 Å². The summed E-state index contributed by atoms with van der Waals surface area (Å²) in [5.74, 6) is 0. The lowest BCUT2D eigenvalue weighted by Crippen LogP contribution is -2.29. The van der Waals surface area contributed by atoms with Gasteiger partial charge in [0, 0.05) is 6.20 Å². The molecule has 0 saturated carbocycles. The largest absolute Gasteiger partial charge is 0.436 e. The van der Waals surface area contributed by atoms with Gasteiger partial charge in [0.1, 0.15) is 0 Å². The minimum atomic E-state index is -4.39. The van der Waals surface area contributed by atoms with Gasteiger partial charge in [-0.3, -0.25) is 4.68 Å². The molecule has 1 saturated heterocycles. The normalized spacial score (nSPS) is 19.0. The topological polar surface area (TPSA) is 29.9 Å². The third-order valence-electron chi connectivity index (χ3n) is 2.64. The second-order valence-electron chi connectivity index (χ2n) is 3.78. The van der Waals surface area contributed by atoms with Crippen LogP contribution in [0.3, 0.4) is 0 Å². The van der Waals surface area contributed by atoms with Crippen LogP contribution in [0.4, 0.5) is 13.2 Å². The molecule has 7 heteroatoms. The van der Waals surface area contributed by atoms with Gasteiger partial charge in [-0.1, -0.05) is 0 Å². The van der Waals surface area contributed by atoms with E-state index in [4.69, 9.17) is 0 Å². The van der Waals surface area contributed by atoms with Crippen LogP contribution in [-0.4, -0.2) is 22.9 Å². The summed E-state index contributed by atoms with van der Waals surface area (Å²) >= 11 is 2.90. The maximum Gasteiger partial charge on any atom is 0.436 e. The molecule has 1 aliphatic rings. The number of nitrogens with zero attached hydrogens (tertiary/aromatic N) is 2. The molecule has 2 heterocycles. The number of hydrogen-bond donors (Lipinski definition) is 1. The first-order valence-electron chi connectivity index (χ1n) is 5.01. The maximum absolute atomic E-state index is 12.5. The van der Waals surface area contributed by atoms with Gasteiger partial charge in [-0.2, -0.15) is 18.3 Å². The van der Waals surface area contributed by atoms with Gasteiger partial charge in [0.05, 0.1) is 10.5 Å². The number of halogens is 4. The van der Waals surface area contributed by atoms with Crippen molar-refractivity contribution in [2.24, 2.45) is 0 Å². The van der Waals surface area contributed by atoms with Crippen LogP contribution in [0.15, 0.2) is 10.7 Å². The highest BCUT2D eigenvalue weighted by atomic mass is 79.9. The Morgan fingerprint density at radius 2 is 2.00 bits per heavy atom. The number of rotatable bonds is 1. The monoisotopic (exact) mass is 297 g/mol. The molecule has 1 aliphatic heterocycles. The Morgan fingerprint density at radius 1 is 1.38 bits per heavy atom. The molecular weight excluding hydrogens is 287 g/mol. The number of piperidine rings is 1. The SMILES string of the molecule is FC(F)(F)c1nn(C2CCNCC2)cc1Br. The van der Waals surface area contributed by atoms with Gasteiger partial charge in [0.2, 0.25) is 0 Å². The van der Waals surface area contributed by atoms with E-state index in [1.807, 2.05) is 0 Å². The Morgan fingerprint density at radius 3 is 2.50 bits per heavy atom. The van der Waals surface area contributed by atoms with Gasteiger partial charge in [-0.15, -0.1) is 0 Å². The molecule has 0 amide bonds. The van der Waals surface area contributed by atoms with E-state index in [0.29, 0.717) is 0 Å². The molecule has 0 bridgehead atoms. The lowest BCUT2D eigenvalue weighted by Gasteiger charge is -2.22. The fraction of sp³-hybridized carbons (Fsp3) is 0.667. The molecule has 0 aromatic carbocycles. The van der Waals surface area contributed by atoms with Crippen LogP contribution in [0.2, 0.25) is 0 Å². The summed E-state index contributed by atoms with van der Waals surface area (Å²) in [6.45, 7) is 1.65. The average molecular weight is 298 g/mol. The van der Waals surface area contributed by atoms with E-state index < -0.39 is 11.9 Å². The van der Waals surface area contributed by atoms with Gasteiger partial charge < -0.3 is 5.32 Å². The van der Waals surface area contributed by atoms with E-state index >= 15 is 0 Å². The van der Waals surface area contributed by atoms with Crippen LogP contribution >= 0.6 is 15.9 Å². The summed E-state index contributed by atoms with van der Waals surface area (Å²) in [7, 11) is 0. The summed E-state index contributed by atoms with van der Waals surface area (Å²) in [5.41, 5.74) is -0.842. The first-order chi connectivity index (χ1) is 7.48. The second-order valence-corrected chi connectivity index (χ2v) is 4.64. The molecule has 0 radical (unpaired) electrons. The zero-order valence-corrected chi connectivity index (χ0v) is 9.98. The summed E-state index contributed by atoms with van der Waals surface area (Å²) in [6, 6.07) is 0.0636. The Bertz CT molecular complexity index is 369. The number of aromatic nitrogens is 2. The molecule has 0 spiro atoms. The van der Waals surface area contributed by atoms with Crippen LogP contribution < -0.4 is 5.32 Å². The third-order valence-corrected chi connectivity index (χ3v) is 3.22. The number of nitrogens with one attached hydrogen (secondary N) is 1.